The Balaban J connectivity index is 1.61. The fraction of sp³-hybridized carbons (Fsp3) is 0.238. The Kier molecular flexibility index (Phi) is 5.76. The van der Waals surface area contributed by atoms with Crippen LogP contribution in [0.25, 0.3) is 6.08 Å². The van der Waals surface area contributed by atoms with Gasteiger partial charge in [-0.15, -0.1) is 0 Å². The van der Waals surface area contributed by atoms with Crippen molar-refractivity contribution >= 4 is 29.3 Å². The van der Waals surface area contributed by atoms with Gasteiger partial charge < -0.3 is 20.1 Å². The van der Waals surface area contributed by atoms with Crippen molar-refractivity contribution in [2.45, 2.75) is 12.8 Å². The van der Waals surface area contributed by atoms with Gasteiger partial charge in [-0.05, 0) is 54.8 Å². The zero-order valence-corrected chi connectivity index (χ0v) is 15.3. The van der Waals surface area contributed by atoms with Crippen molar-refractivity contribution < 1.29 is 19.1 Å². The maximum atomic E-state index is 12.2. The number of methoxy groups -OCH3 is 2. The largest absolute Gasteiger partial charge is 0.493 e. The number of amides is 2. The van der Waals surface area contributed by atoms with Crippen LogP contribution in [0.4, 0.5) is 11.4 Å². The highest BCUT2D eigenvalue weighted by atomic mass is 16.5. The van der Waals surface area contributed by atoms with Crippen LogP contribution in [0, 0.1) is 5.92 Å². The van der Waals surface area contributed by atoms with Crippen molar-refractivity contribution in [2.75, 3.05) is 24.9 Å². The third-order valence-electron chi connectivity index (χ3n) is 4.18. The summed E-state index contributed by atoms with van der Waals surface area (Å²) in [6, 6.07) is 12.5. The van der Waals surface area contributed by atoms with Gasteiger partial charge in [0.2, 0.25) is 11.8 Å². The lowest BCUT2D eigenvalue weighted by molar-refractivity contribution is -0.117. The third kappa shape index (κ3) is 5.10. The van der Waals surface area contributed by atoms with Crippen LogP contribution in [0.1, 0.15) is 18.4 Å². The Morgan fingerprint density at radius 1 is 0.963 bits per heavy atom. The topological polar surface area (TPSA) is 76.7 Å². The molecule has 0 radical (unpaired) electrons. The van der Waals surface area contributed by atoms with Crippen LogP contribution in [-0.2, 0) is 9.59 Å². The molecule has 0 spiro atoms. The number of nitrogens with one attached hydrogen (secondary N) is 2. The Morgan fingerprint density at radius 3 is 2.33 bits per heavy atom. The molecular formula is C21H22N2O4. The second-order valence-corrected chi connectivity index (χ2v) is 6.28. The number of carbonyl (C=O) groups is 2. The molecule has 0 unspecified atom stereocenters. The maximum absolute atomic E-state index is 12.2. The average molecular weight is 366 g/mol. The molecule has 0 atom stereocenters. The van der Waals surface area contributed by atoms with E-state index in [0.29, 0.717) is 22.9 Å². The van der Waals surface area contributed by atoms with Gasteiger partial charge in [0.15, 0.2) is 11.5 Å². The molecule has 6 heteroatoms. The van der Waals surface area contributed by atoms with Gasteiger partial charge >= 0.3 is 0 Å². The molecule has 2 aromatic rings. The number of benzene rings is 2. The molecule has 0 bridgehead atoms. The second-order valence-electron chi connectivity index (χ2n) is 6.28. The summed E-state index contributed by atoms with van der Waals surface area (Å²) < 4.78 is 10.4. The van der Waals surface area contributed by atoms with Crippen LogP contribution in [0.2, 0.25) is 0 Å². The molecular weight excluding hydrogens is 344 g/mol. The lowest BCUT2D eigenvalue weighted by Crippen LogP contribution is -2.14. The molecule has 1 aliphatic carbocycles. The van der Waals surface area contributed by atoms with E-state index in [1.807, 2.05) is 6.07 Å². The number of ether oxygens (including phenoxy) is 2. The highest BCUT2D eigenvalue weighted by molar-refractivity contribution is 6.02. The highest BCUT2D eigenvalue weighted by Crippen LogP contribution is 2.30. The normalized spacial score (nSPS) is 13.3. The summed E-state index contributed by atoms with van der Waals surface area (Å²) in [4.78, 5) is 24.0. The number of anilines is 2. The first-order valence-corrected chi connectivity index (χ1v) is 8.71. The molecule has 1 saturated carbocycles. The number of hydrogen-bond acceptors (Lipinski definition) is 4. The Bertz CT molecular complexity index is 872. The van der Waals surface area contributed by atoms with E-state index in [4.69, 9.17) is 9.47 Å². The number of rotatable bonds is 7. The van der Waals surface area contributed by atoms with Gasteiger partial charge in [0.1, 0.15) is 0 Å². The molecule has 0 aliphatic heterocycles. The molecule has 0 aromatic heterocycles. The van der Waals surface area contributed by atoms with Gasteiger partial charge in [-0.3, -0.25) is 9.59 Å². The average Bonchev–Trinajstić information content (AvgIpc) is 3.51. The van der Waals surface area contributed by atoms with E-state index >= 15 is 0 Å². The van der Waals surface area contributed by atoms with E-state index in [9.17, 15) is 9.59 Å². The molecule has 140 valence electrons. The van der Waals surface area contributed by atoms with Gasteiger partial charge in [0, 0.05) is 23.4 Å². The Hall–Kier alpha value is -3.28. The minimum atomic E-state index is -0.268. The van der Waals surface area contributed by atoms with E-state index in [1.165, 1.54) is 6.08 Å². The maximum Gasteiger partial charge on any atom is 0.248 e. The van der Waals surface area contributed by atoms with Crippen LogP contribution in [-0.4, -0.2) is 26.0 Å². The number of hydrogen-bond donors (Lipinski definition) is 2. The van der Waals surface area contributed by atoms with Crippen molar-refractivity contribution in [3.8, 4) is 11.5 Å². The first-order valence-electron chi connectivity index (χ1n) is 8.71. The summed E-state index contributed by atoms with van der Waals surface area (Å²) >= 11 is 0. The van der Waals surface area contributed by atoms with Crippen molar-refractivity contribution in [2.24, 2.45) is 5.92 Å². The molecule has 0 saturated heterocycles. The fourth-order valence-corrected chi connectivity index (χ4v) is 2.58. The zero-order chi connectivity index (χ0) is 19.2. The molecule has 6 nitrogen and oxygen atoms in total. The molecule has 27 heavy (non-hydrogen) atoms. The van der Waals surface area contributed by atoms with E-state index in [1.54, 1.807) is 56.7 Å². The monoisotopic (exact) mass is 366 g/mol. The summed E-state index contributed by atoms with van der Waals surface area (Å²) in [7, 11) is 3.13. The van der Waals surface area contributed by atoms with E-state index < -0.39 is 0 Å². The van der Waals surface area contributed by atoms with Crippen LogP contribution in [0.3, 0.4) is 0 Å². The van der Waals surface area contributed by atoms with Gasteiger partial charge in [-0.1, -0.05) is 12.1 Å². The molecule has 3 rings (SSSR count). The van der Waals surface area contributed by atoms with Crippen LogP contribution in [0.5, 0.6) is 11.5 Å². The lowest BCUT2D eigenvalue weighted by Gasteiger charge is -2.08. The molecule has 1 aliphatic rings. The van der Waals surface area contributed by atoms with Crippen molar-refractivity contribution in [1.82, 2.24) is 0 Å². The molecule has 0 heterocycles. The summed E-state index contributed by atoms with van der Waals surface area (Å²) in [6.07, 6.45) is 5.03. The van der Waals surface area contributed by atoms with Gasteiger partial charge in [0.05, 0.1) is 14.2 Å². The van der Waals surface area contributed by atoms with Crippen molar-refractivity contribution in [1.29, 1.82) is 0 Å². The Labute approximate surface area is 158 Å². The zero-order valence-electron chi connectivity index (χ0n) is 15.3. The van der Waals surface area contributed by atoms with Gasteiger partial charge in [-0.2, -0.15) is 0 Å². The molecule has 2 N–H and O–H groups in total. The SMILES string of the molecule is COc1ccc(/C=C/C(=O)Nc2cccc(NC(=O)C3CC3)c2)cc1OC. The highest BCUT2D eigenvalue weighted by Gasteiger charge is 2.29. The quantitative estimate of drug-likeness (QED) is 0.733. The molecule has 2 aromatic carbocycles. The van der Waals surface area contributed by atoms with Gasteiger partial charge in [0.25, 0.3) is 0 Å². The minimum absolute atomic E-state index is 0.0341. The fourth-order valence-electron chi connectivity index (χ4n) is 2.58. The van der Waals surface area contributed by atoms with Crippen LogP contribution < -0.4 is 20.1 Å². The number of carbonyl (C=O) groups excluding carboxylic acids is 2. The third-order valence-corrected chi connectivity index (χ3v) is 4.18. The summed E-state index contributed by atoms with van der Waals surface area (Å²) in [5.41, 5.74) is 2.10. The Morgan fingerprint density at radius 2 is 1.67 bits per heavy atom. The minimum Gasteiger partial charge on any atom is -0.493 e. The molecule has 1 fully saturated rings. The van der Waals surface area contributed by atoms with Gasteiger partial charge in [-0.25, -0.2) is 0 Å². The van der Waals surface area contributed by atoms with Crippen molar-refractivity contribution in [3.05, 3.63) is 54.1 Å². The summed E-state index contributed by atoms with van der Waals surface area (Å²) in [5.74, 6) is 1.12. The smallest absolute Gasteiger partial charge is 0.248 e. The molecule has 2 amide bonds. The predicted octanol–water partition coefficient (Wildman–Crippen LogP) is 3.70. The van der Waals surface area contributed by atoms with E-state index in [0.717, 1.165) is 18.4 Å². The summed E-state index contributed by atoms with van der Waals surface area (Å²) in [6.45, 7) is 0. The second kappa shape index (κ2) is 8.40. The van der Waals surface area contributed by atoms with Crippen LogP contribution >= 0.6 is 0 Å². The summed E-state index contributed by atoms with van der Waals surface area (Å²) in [5, 5.41) is 5.65. The first-order chi connectivity index (χ1) is 13.1. The van der Waals surface area contributed by atoms with Crippen molar-refractivity contribution in [3.63, 3.8) is 0 Å². The lowest BCUT2D eigenvalue weighted by atomic mass is 10.2. The van der Waals surface area contributed by atoms with E-state index in [-0.39, 0.29) is 17.7 Å². The first kappa shape index (κ1) is 18.5. The standard InChI is InChI=1S/C21H22N2O4/c1-26-18-10-6-14(12-19(18)27-2)7-11-20(24)22-16-4-3-5-17(13-16)23-21(25)15-8-9-15/h3-7,10-13,15H,8-9H2,1-2H3,(H,22,24)(H,23,25)/b11-7+. The van der Waals surface area contributed by atoms with E-state index in [2.05, 4.69) is 10.6 Å². The predicted molar refractivity (Wildman–Crippen MR) is 105 cm³/mol. The van der Waals surface area contributed by atoms with Crippen LogP contribution in [0.15, 0.2) is 48.5 Å².